The van der Waals surface area contributed by atoms with E-state index in [0.717, 1.165) is 56.8 Å². The molecular formula is C26H33N7O. The topological polar surface area (TPSA) is 79.2 Å². The third-order valence-electron chi connectivity index (χ3n) is 7.12. The summed E-state index contributed by atoms with van der Waals surface area (Å²) in [7, 11) is 2.11. The van der Waals surface area contributed by atoms with Gasteiger partial charge in [0.1, 0.15) is 0 Å². The number of aromatic nitrogens is 4. The molecule has 2 bridgehead atoms. The highest BCUT2D eigenvalue weighted by molar-refractivity contribution is 5.79. The van der Waals surface area contributed by atoms with Crippen LogP contribution >= 0.6 is 0 Å². The van der Waals surface area contributed by atoms with E-state index in [4.69, 9.17) is 0 Å². The lowest BCUT2D eigenvalue weighted by atomic mass is 9.75. The first-order valence-corrected chi connectivity index (χ1v) is 12.2. The minimum absolute atomic E-state index is 0.0691. The van der Waals surface area contributed by atoms with Crippen LogP contribution in [0.4, 0.5) is 0 Å². The van der Waals surface area contributed by atoms with Crippen molar-refractivity contribution in [2.24, 2.45) is 11.8 Å². The summed E-state index contributed by atoms with van der Waals surface area (Å²) in [6.45, 7) is 4.91. The number of carbonyl (C=O) groups excluding carboxylic acids is 1. The molecule has 0 saturated carbocycles. The molecule has 6 rings (SSSR count). The number of hydrogen-bond donors (Lipinski definition) is 1. The van der Waals surface area contributed by atoms with Gasteiger partial charge in [0.2, 0.25) is 5.91 Å². The number of nitrogens with one attached hydrogen (secondary N) is 1. The zero-order chi connectivity index (χ0) is 23.3. The first-order chi connectivity index (χ1) is 16.6. The molecule has 3 saturated heterocycles. The van der Waals surface area contributed by atoms with Gasteiger partial charge in [-0.05, 0) is 49.5 Å². The molecule has 34 heavy (non-hydrogen) atoms. The van der Waals surface area contributed by atoms with Crippen molar-refractivity contribution in [2.75, 3.05) is 20.1 Å². The number of amides is 1. The van der Waals surface area contributed by atoms with E-state index < -0.39 is 0 Å². The van der Waals surface area contributed by atoms with Gasteiger partial charge in [0, 0.05) is 50.8 Å². The normalized spacial score (nSPS) is 23.8. The van der Waals surface area contributed by atoms with E-state index >= 15 is 0 Å². The Labute approximate surface area is 201 Å². The highest BCUT2D eigenvalue weighted by atomic mass is 16.1. The quantitative estimate of drug-likeness (QED) is 0.529. The van der Waals surface area contributed by atoms with Gasteiger partial charge in [0.05, 0.1) is 18.2 Å². The Morgan fingerprint density at radius 1 is 1.15 bits per heavy atom. The number of rotatable bonds is 9. The van der Waals surface area contributed by atoms with E-state index in [9.17, 15) is 4.79 Å². The second kappa shape index (κ2) is 10.4. The van der Waals surface area contributed by atoms with Crippen molar-refractivity contribution >= 4 is 5.91 Å². The molecule has 3 aliphatic heterocycles. The second-order valence-corrected chi connectivity index (χ2v) is 9.71. The van der Waals surface area contributed by atoms with E-state index in [1.165, 1.54) is 5.56 Å². The Bertz CT molecular complexity index is 1070. The predicted octanol–water partition coefficient (Wildman–Crippen LogP) is 2.33. The Hall–Kier alpha value is -3.10. The fourth-order valence-electron chi connectivity index (χ4n) is 5.39. The van der Waals surface area contributed by atoms with Crippen molar-refractivity contribution in [1.82, 2.24) is 35.1 Å². The lowest BCUT2D eigenvalue weighted by Gasteiger charge is -2.49. The molecule has 1 aromatic carbocycles. The monoisotopic (exact) mass is 459 g/mol. The van der Waals surface area contributed by atoms with E-state index in [-0.39, 0.29) is 11.8 Å². The maximum Gasteiger partial charge on any atom is 0.224 e. The zero-order valence-corrected chi connectivity index (χ0v) is 19.8. The Morgan fingerprint density at radius 2 is 2.00 bits per heavy atom. The summed E-state index contributed by atoms with van der Waals surface area (Å²) in [5, 5.41) is 11.9. The van der Waals surface area contributed by atoms with Gasteiger partial charge in [-0.15, -0.1) is 5.10 Å². The number of hydrogen-bond acceptors (Lipinski definition) is 6. The minimum Gasteiger partial charge on any atom is -0.352 e. The molecule has 1 unspecified atom stereocenters. The summed E-state index contributed by atoms with van der Waals surface area (Å²) in [5.74, 6) is 0.671. The largest absolute Gasteiger partial charge is 0.352 e. The molecule has 0 radical (unpaired) electrons. The van der Waals surface area contributed by atoms with Gasteiger partial charge in [-0.2, -0.15) is 0 Å². The van der Waals surface area contributed by atoms with E-state index in [1.807, 2.05) is 22.9 Å². The number of piperidine rings is 3. The molecule has 1 N–H and O–H groups in total. The molecule has 2 aromatic heterocycles. The van der Waals surface area contributed by atoms with Crippen LogP contribution in [0.2, 0.25) is 0 Å². The molecule has 0 spiro atoms. The average Bonchev–Trinajstić information content (AvgIpc) is 3.30. The van der Waals surface area contributed by atoms with Gasteiger partial charge >= 0.3 is 0 Å². The number of pyridine rings is 1. The summed E-state index contributed by atoms with van der Waals surface area (Å²) in [6, 6.07) is 14.8. The van der Waals surface area contributed by atoms with Crippen LogP contribution in [0.25, 0.3) is 0 Å². The van der Waals surface area contributed by atoms with E-state index in [1.54, 1.807) is 12.4 Å². The van der Waals surface area contributed by atoms with Crippen LogP contribution < -0.4 is 5.32 Å². The molecule has 3 aromatic rings. The number of nitrogens with zero attached hydrogens (tertiary/aromatic N) is 6. The van der Waals surface area contributed by atoms with Crippen LogP contribution in [0.5, 0.6) is 0 Å². The smallest absolute Gasteiger partial charge is 0.224 e. The number of benzene rings is 1. The Kier molecular flexibility index (Phi) is 6.97. The second-order valence-electron chi connectivity index (χ2n) is 9.71. The maximum atomic E-state index is 12.9. The highest BCUT2D eigenvalue weighted by Crippen LogP contribution is 2.37. The minimum atomic E-state index is 0.0691. The summed E-state index contributed by atoms with van der Waals surface area (Å²) in [5.41, 5.74) is 3.32. The highest BCUT2D eigenvalue weighted by Gasteiger charge is 2.43. The van der Waals surface area contributed by atoms with E-state index in [2.05, 4.69) is 67.9 Å². The van der Waals surface area contributed by atoms with Gasteiger partial charge in [-0.3, -0.25) is 24.3 Å². The van der Waals surface area contributed by atoms with Gasteiger partial charge in [-0.25, -0.2) is 0 Å². The first kappa shape index (κ1) is 22.7. The zero-order valence-electron chi connectivity index (χ0n) is 19.8. The van der Waals surface area contributed by atoms with Gasteiger partial charge < -0.3 is 5.32 Å². The van der Waals surface area contributed by atoms with Crippen molar-refractivity contribution in [3.63, 3.8) is 0 Å². The number of carbonyl (C=O) groups is 1. The summed E-state index contributed by atoms with van der Waals surface area (Å²) >= 11 is 0. The van der Waals surface area contributed by atoms with Crippen LogP contribution in [0.1, 0.15) is 29.7 Å². The SMILES string of the molecule is CN(Cc1ccccc1)Cc1cn(C[C@H]2C[C@@H]3CCN2C[C@@H]3C(=O)NCc2cccnc2)nn1. The van der Waals surface area contributed by atoms with Crippen LogP contribution in [0, 0.1) is 11.8 Å². The predicted molar refractivity (Wildman–Crippen MR) is 129 cm³/mol. The summed E-state index contributed by atoms with van der Waals surface area (Å²) in [6.07, 6.45) is 7.75. The van der Waals surface area contributed by atoms with Gasteiger partial charge in [0.15, 0.2) is 0 Å². The van der Waals surface area contributed by atoms with Crippen molar-refractivity contribution in [3.05, 3.63) is 77.9 Å². The van der Waals surface area contributed by atoms with Crippen molar-refractivity contribution in [3.8, 4) is 0 Å². The van der Waals surface area contributed by atoms with Crippen LogP contribution in [0.3, 0.4) is 0 Å². The fraction of sp³-hybridized carbons (Fsp3) is 0.462. The standard InChI is InChI=1S/C26H33N7O/c1-31(15-20-6-3-2-4-7-20)16-23-17-33(30-29-23)18-24-12-22-9-11-32(24)19-25(22)26(34)28-14-21-8-5-10-27-13-21/h2-8,10,13,17,22,24-25H,9,11-12,14-16,18-19H2,1H3,(H,28,34)/t22-,24+,25-/m0/s1. The first-order valence-electron chi connectivity index (χ1n) is 12.2. The molecule has 5 heterocycles. The molecule has 8 nitrogen and oxygen atoms in total. The third-order valence-corrected chi connectivity index (χ3v) is 7.12. The van der Waals surface area contributed by atoms with E-state index in [0.29, 0.717) is 18.5 Å². The van der Waals surface area contributed by atoms with Gasteiger partial charge in [-0.1, -0.05) is 41.6 Å². The lowest BCUT2D eigenvalue weighted by molar-refractivity contribution is -0.133. The average molecular weight is 460 g/mol. The van der Waals surface area contributed by atoms with Crippen molar-refractivity contribution in [1.29, 1.82) is 0 Å². The van der Waals surface area contributed by atoms with Crippen LogP contribution in [0.15, 0.2) is 61.1 Å². The maximum absolute atomic E-state index is 12.9. The molecule has 1 amide bonds. The van der Waals surface area contributed by atoms with Crippen LogP contribution in [-0.4, -0.2) is 61.9 Å². The summed E-state index contributed by atoms with van der Waals surface area (Å²) < 4.78 is 1.98. The molecule has 3 fully saturated rings. The van der Waals surface area contributed by atoms with Crippen molar-refractivity contribution in [2.45, 2.75) is 45.1 Å². The summed E-state index contributed by atoms with van der Waals surface area (Å²) in [4.78, 5) is 21.7. The molecule has 178 valence electrons. The molecule has 4 atom stereocenters. The molecule has 3 aliphatic rings. The number of fused-ring (bicyclic) bond motifs is 3. The fourth-order valence-corrected chi connectivity index (χ4v) is 5.39. The Morgan fingerprint density at radius 3 is 2.76 bits per heavy atom. The Balaban J connectivity index is 1.11. The van der Waals surface area contributed by atoms with Crippen molar-refractivity contribution < 1.29 is 4.79 Å². The van der Waals surface area contributed by atoms with Gasteiger partial charge in [0.25, 0.3) is 0 Å². The third kappa shape index (κ3) is 5.51. The lowest BCUT2D eigenvalue weighted by Crippen LogP contribution is -2.58. The van der Waals surface area contributed by atoms with Crippen LogP contribution in [-0.2, 0) is 31.0 Å². The molecule has 8 heteroatoms. The molecule has 0 aliphatic carbocycles. The molecular weight excluding hydrogens is 426 g/mol.